The Bertz CT molecular complexity index is 730. The second-order valence-corrected chi connectivity index (χ2v) is 5.84. The zero-order valence-corrected chi connectivity index (χ0v) is 13.1. The lowest BCUT2D eigenvalue weighted by atomic mass is 9.82. The number of hydrogen-bond donors (Lipinski definition) is 2. The maximum atomic E-state index is 11.5. The molecule has 5 nitrogen and oxygen atoms in total. The second-order valence-electron chi connectivity index (χ2n) is 5.46. The average molecular weight is 320 g/mol. The van der Waals surface area contributed by atoms with Crippen LogP contribution in [0.1, 0.15) is 29.9 Å². The van der Waals surface area contributed by atoms with Crippen molar-refractivity contribution in [3.8, 4) is 5.75 Å². The quantitative estimate of drug-likeness (QED) is 0.909. The van der Waals surface area contributed by atoms with Gasteiger partial charge in [-0.2, -0.15) is 5.10 Å². The first-order valence-electron chi connectivity index (χ1n) is 7.33. The number of nitrogens with one attached hydrogen (secondary N) is 2. The van der Waals surface area contributed by atoms with Crippen LogP contribution in [0.2, 0.25) is 5.02 Å². The predicted molar refractivity (Wildman–Crippen MR) is 87.0 cm³/mol. The number of ether oxygens (including phenoxy) is 1. The van der Waals surface area contributed by atoms with Crippen LogP contribution in [0.25, 0.3) is 0 Å². The van der Waals surface area contributed by atoms with E-state index in [1.807, 2.05) is 6.07 Å². The zero-order chi connectivity index (χ0) is 15.5. The summed E-state index contributed by atoms with van der Waals surface area (Å²) in [4.78, 5) is 11.5. The molecule has 1 unspecified atom stereocenters. The number of methoxy groups -OCH3 is 1. The maximum absolute atomic E-state index is 11.5. The van der Waals surface area contributed by atoms with Gasteiger partial charge in [-0.15, -0.1) is 0 Å². The number of hydrogen-bond acceptors (Lipinski definition) is 4. The molecule has 1 aromatic carbocycles. The fourth-order valence-corrected chi connectivity index (χ4v) is 3.13. The first-order valence-corrected chi connectivity index (χ1v) is 7.70. The molecule has 22 heavy (non-hydrogen) atoms. The van der Waals surface area contributed by atoms with Gasteiger partial charge in [0.1, 0.15) is 10.8 Å². The molecule has 2 aromatic rings. The summed E-state index contributed by atoms with van der Waals surface area (Å²) >= 11 is 5.99. The molecule has 3 rings (SSSR count). The Morgan fingerprint density at radius 1 is 1.50 bits per heavy atom. The van der Waals surface area contributed by atoms with Gasteiger partial charge in [0.2, 0.25) is 0 Å². The molecular formula is C16H18ClN3O2. The van der Waals surface area contributed by atoms with Crippen molar-refractivity contribution in [2.45, 2.75) is 25.2 Å². The Morgan fingerprint density at radius 3 is 3.18 bits per heavy atom. The van der Waals surface area contributed by atoms with Crippen molar-refractivity contribution in [1.82, 2.24) is 10.2 Å². The van der Waals surface area contributed by atoms with Crippen LogP contribution in [0, 0.1) is 0 Å². The van der Waals surface area contributed by atoms with Crippen LogP contribution in [-0.2, 0) is 6.42 Å². The van der Waals surface area contributed by atoms with Crippen molar-refractivity contribution in [1.29, 1.82) is 0 Å². The molecule has 0 amide bonds. The molecule has 0 aliphatic heterocycles. The van der Waals surface area contributed by atoms with E-state index in [1.54, 1.807) is 13.3 Å². The summed E-state index contributed by atoms with van der Waals surface area (Å²) in [5.41, 5.74) is 2.88. The van der Waals surface area contributed by atoms with Crippen molar-refractivity contribution in [2.75, 3.05) is 19.0 Å². The lowest BCUT2D eigenvalue weighted by molar-refractivity contribution is 0.413. The van der Waals surface area contributed by atoms with E-state index in [0.717, 1.165) is 31.6 Å². The molecular weight excluding hydrogens is 302 g/mol. The molecule has 0 fully saturated rings. The number of rotatable bonds is 4. The Labute approximate surface area is 133 Å². The van der Waals surface area contributed by atoms with Crippen LogP contribution in [0.4, 0.5) is 5.69 Å². The molecule has 0 radical (unpaired) electrons. The number of fused-ring (bicyclic) bond motifs is 1. The summed E-state index contributed by atoms with van der Waals surface area (Å²) < 4.78 is 5.29. The number of anilines is 1. The van der Waals surface area contributed by atoms with Gasteiger partial charge >= 0.3 is 0 Å². The molecule has 1 atom stereocenters. The van der Waals surface area contributed by atoms with Crippen LogP contribution in [0.5, 0.6) is 5.75 Å². The van der Waals surface area contributed by atoms with Gasteiger partial charge in [0.25, 0.3) is 5.56 Å². The van der Waals surface area contributed by atoms with Crippen molar-refractivity contribution in [3.63, 3.8) is 0 Å². The molecule has 1 aromatic heterocycles. The highest BCUT2D eigenvalue weighted by molar-refractivity contribution is 6.32. The van der Waals surface area contributed by atoms with Crippen LogP contribution in [0.15, 0.2) is 29.2 Å². The maximum Gasteiger partial charge on any atom is 0.285 e. The number of aromatic nitrogens is 2. The van der Waals surface area contributed by atoms with E-state index >= 15 is 0 Å². The van der Waals surface area contributed by atoms with Gasteiger partial charge in [-0.3, -0.25) is 4.79 Å². The van der Waals surface area contributed by atoms with Crippen molar-refractivity contribution >= 4 is 17.3 Å². The predicted octanol–water partition coefficient (Wildman–Crippen LogP) is 2.96. The number of halogens is 1. The third-order valence-corrected chi connectivity index (χ3v) is 4.50. The van der Waals surface area contributed by atoms with Crippen LogP contribution >= 0.6 is 11.6 Å². The SMILES string of the molecule is COc1ccc2c(c1)CCCC2CNc1cn[nH]c(=O)c1Cl. The largest absolute Gasteiger partial charge is 0.497 e. The van der Waals surface area contributed by atoms with E-state index in [2.05, 4.69) is 27.6 Å². The topological polar surface area (TPSA) is 67.0 Å². The lowest BCUT2D eigenvalue weighted by Crippen LogP contribution is -2.20. The molecule has 0 saturated carbocycles. The second kappa shape index (κ2) is 6.40. The van der Waals surface area contributed by atoms with Gasteiger partial charge in [-0.05, 0) is 42.5 Å². The van der Waals surface area contributed by atoms with Gasteiger partial charge in [0.15, 0.2) is 0 Å². The van der Waals surface area contributed by atoms with Crippen molar-refractivity contribution < 1.29 is 4.74 Å². The summed E-state index contributed by atoms with van der Waals surface area (Å²) in [6.07, 6.45) is 4.88. The Morgan fingerprint density at radius 2 is 2.36 bits per heavy atom. The summed E-state index contributed by atoms with van der Waals surface area (Å²) in [7, 11) is 1.69. The molecule has 2 N–H and O–H groups in total. The Balaban J connectivity index is 1.77. The number of benzene rings is 1. The number of nitrogens with zero attached hydrogens (tertiary/aromatic N) is 1. The van der Waals surface area contributed by atoms with Crippen LogP contribution < -0.4 is 15.6 Å². The molecule has 1 aliphatic carbocycles. The van der Waals surface area contributed by atoms with Crippen molar-refractivity contribution in [2.24, 2.45) is 0 Å². The Kier molecular flexibility index (Phi) is 4.34. The monoisotopic (exact) mass is 319 g/mol. The van der Waals surface area contributed by atoms with Gasteiger partial charge in [-0.25, -0.2) is 5.10 Å². The molecule has 0 spiro atoms. The molecule has 1 heterocycles. The highest BCUT2D eigenvalue weighted by Crippen LogP contribution is 2.34. The van der Waals surface area contributed by atoms with E-state index in [4.69, 9.17) is 16.3 Å². The van der Waals surface area contributed by atoms with Gasteiger partial charge < -0.3 is 10.1 Å². The summed E-state index contributed by atoms with van der Waals surface area (Å²) in [5.74, 6) is 1.29. The highest BCUT2D eigenvalue weighted by atomic mass is 35.5. The first kappa shape index (κ1) is 14.9. The van der Waals surface area contributed by atoms with E-state index in [-0.39, 0.29) is 10.6 Å². The van der Waals surface area contributed by atoms with Crippen LogP contribution in [0.3, 0.4) is 0 Å². The van der Waals surface area contributed by atoms with E-state index < -0.39 is 0 Å². The summed E-state index contributed by atoms with van der Waals surface area (Å²) in [6, 6.07) is 6.25. The average Bonchev–Trinajstić information content (AvgIpc) is 2.55. The minimum Gasteiger partial charge on any atom is -0.497 e. The number of aromatic amines is 1. The highest BCUT2D eigenvalue weighted by Gasteiger charge is 2.21. The normalized spacial score (nSPS) is 16.9. The van der Waals surface area contributed by atoms with Crippen LogP contribution in [-0.4, -0.2) is 23.9 Å². The molecule has 1 aliphatic rings. The third kappa shape index (κ3) is 2.95. The standard InChI is InChI=1S/C16H18ClN3O2/c1-22-12-5-6-13-10(7-12)3-2-4-11(13)8-18-14-9-19-20-16(21)15(14)17/h5-7,9,11H,2-4,8H2,1H3,(H2,18,20,21). The molecule has 6 heteroatoms. The Hall–Kier alpha value is -2.01. The third-order valence-electron chi connectivity index (χ3n) is 4.12. The number of H-pyrrole nitrogens is 1. The zero-order valence-electron chi connectivity index (χ0n) is 12.4. The van der Waals surface area contributed by atoms with E-state index in [9.17, 15) is 4.79 Å². The summed E-state index contributed by atoms with van der Waals surface area (Å²) in [6.45, 7) is 0.726. The van der Waals surface area contributed by atoms with E-state index in [0.29, 0.717) is 11.6 Å². The fraction of sp³-hybridized carbons (Fsp3) is 0.375. The van der Waals surface area contributed by atoms with E-state index in [1.165, 1.54) is 11.1 Å². The molecule has 116 valence electrons. The van der Waals surface area contributed by atoms with Gasteiger partial charge in [0, 0.05) is 12.5 Å². The van der Waals surface area contributed by atoms with Crippen molar-refractivity contribution in [3.05, 3.63) is 50.9 Å². The molecule has 0 saturated heterocycles. The molecule has 0 bridgehead atoms. The van der Waals surface area contributed by atoms with Gasteiger partial charge in [0.05, 0.1) is 19.0 Å². The minimum absolute atomic E-state index is 0.153. The number of aryl methyl sites for hydroxylation is 1. The lowest BCUT2D eigenvalue weighted by Gasteiger charge is -2.26. The van der Waals surface area contributed by atoms with Gasteiger partial charge in [-0.1, -0.05) is 17.7 Å². The minimum atomic E-state index is -0.375. The fourth-order valence-electron chi connectivity index (χ4n) is 2.97. The smallest absolute Gasteiger partial charge is 0.285 e. The first-order chi connectivity index (χ1) is 10.7. The summed E-state index contributed by atoms with van der Waals surface area (Å²) in [5, 5.41) is 9.49.